The van der Waals surface area contributed by atoms with Crippen LogP contribution in [0.25, 0.3) is 33.3 Å². The van der Waals surface area contributed by atoms with Gasteiger partial charge in [-0.25, -0.2) is 4.79 Å². The molecule has 4 rings (SSSR count). The minimum Gasteiger partial charge on any atom is -0.454 e. The molecular weight excluding hydrogens is 347 g/mol. The van der Waals surface area contributed by atoms with Crippen molar-refractivity contribution in [2.75, 3.05) is 0 Å². The van der Waals surface area contributed by atoms with Crippen molar-refractivity contribution in [3.63, 3.8) is 0 Å². The zero-order valence-corrected chi connectivity index (χ0v) is 14.5. The van der Waals surface area contributed by atoms with Crippen LogP contribution in [0.4, 0.5) is 0 Å². The molecule has 0 unspecified atom stereocenters. The average Bonchev–Trinajstić information content (AvgIpc) is 2.83. The summed E-state index contributed by atoms with van der Waals surface area (Å²) in [6.07, 6.45) is 0. The highest BCUT2D eigenvalue weighted by Gasteiger charge is 2.18. The standard InChI is InChI=1S/C19H12Cl2O3/c1-9-3-4-12-14(8-17(22)23-16(12)5-9)18-10(2)13-6-11(20)7-15(21)19(13)24-18/h3-8H,1-2H3. The molecule has 2 heterocycles. The van der Waals surface area contributed by atoms with Crippen LogP contribution in [-0.2, 0) is 0 Å². The van der Waals surface area contributed by atoms with Crippen LogP contribution in [0.15, 0.2) is 50.0 Å². The Morgan fingerprint density at radius 2 is 1.71 bits per heavy atom. The molecule has 5 heteroatoms. The zero-order valence-electron chi connectivity index (χ0n) is 12.9. The third-order valence-corrected chi connectivity index (χ3v) is 4.60. The van der Waals surface area contributed by atoms with E-state index in [-0.39, 0.29) is 0 Å². The molecule has 0 aliphatic heterocycles. The topological polar surface area (TPSA) is 43.4 Å². The fraction of sp³-hybridized carbons (Fsp3) is 0.105. The summed E-state index contributed by atoms with van der Waals surface area (Å²) in [5.41, 5.74) is 3.23. The molecule has 0 amide bonds. The maximum atomic E-state index is 12.0. The smallest absolute Gasteiger partial charge is 0.336 e. The maximum Gasteiger partial charge on any atom is 0.336 e. The van der Waals surface area contributed by atoms with Crippen LogP contribution in [0, 0.1) is 13.8 Å². The lowest BCUT2D eigenvalue weighted by Gasteiger charge is -2.04. The number of hydrogen-bond donors (Lipinski definition) is 0. The normalized spacial score (nSPS) is 11.5. The molecule has 3 nitrogen and oxygen atoms in total. The molecule has 0 spiro atoms. The van der Waals surface area contributed by atoms with Gasteiger partial charge in [-0.05, 0) is 37.6 Å². The summed E-state index contributed by atoms with van der Waals surface area (Å²) in [6, 6.07) is 10.6. The number of furan rings is 1. The van der Waals surface area contributed by atoms with Crippen LogP contribution < -0.4 is 5.63 Å². The first-order valence-corrected chi connectivity index (χ1v) is 8.12. The Bertz CT molecular complexity index is 1170. The SMILES string of the molecule is Cc1ccc2c(-c3oc4c(Cl)cc(Cl)cc4c3C)cc(=O)oc2c1. The number of benzene rings is 2. The van der Waals surface area contributed by atoms with E-state index in [4.69, 9.17) is 32.0 Å². The molecular formula is C19H12Cl2O3. The Hall–Kier alpha value is -2.23. The molecule has 0 N–H and O–H groups in total. The van der Waals surface area contributed by atoms with Crippen molar-refractivity contribution in [2.45, 2.75) is 13.8 Å². The molecule has 0 saturated heterocycles. The lowest BCUT2D eigenvalue weighted by Crippen LogP contribution is -1.98. The van der Waals surface area contributed by atoms with Gasteiger partial charge in [-0.3, -0.25) is 0 Å². The number of rotatable bonds is 1. The van der Waals surface area contributed by atoms with Gasteiger partial charge in [-0.2, -0.15) is 0 Å². The van der Waals surface area contributed by atoms with Gasteiger partial charge in [0.25, 0.3) is 0 Å². The summed E-state index contributed by atoms with van der Waals surface area (Å²) in [4.78, 5) is 12.0. The number of hydrogen-bond acceptors (Lipinski definition) is 3. The van der Waals surface area contributed by atoms with Gasteiger partial charge in [-0.1, -0.05) is 35.3 Å². The Balaban J connectivity index is 2.12. The summed E-state index contributed by atoms with van der Waals surface area (Å²) in [5.74, 6) is 0.593. The molecule has 2 aromatic carbocycles. The summed E-state index contributed by atoms with van der Waals surface area (Å²) in [5, 5.41) is 2.62. The Morgan fingerprint density at radius 3 is 2.50 bits per heavy atom. The van der Waals surface area contributed by atoms with E-state index in [9.17, 15) is 4.79 Å². The number of aryl methyl sites for hydroxylation is 2. The van der Waals surface area contributed by atoms with Crippen molar-refractivity contribution >= 4 is 45.1 Å². The molecule has 0 atom stereocenters. The molecule has 0 radical (unpaired) electrons. The molecule has 0 fully saturated rings. The second kappa shape index (κ2) is 5.40. The van der Waals surface area contributed by atoms with Crippen LogP contribution in [0.2, 0.25) is 10.0 Å². The van der Waals surface area contributed by atoms with Gasteiger partial charge in [-0.15, -0.1) is 0 Å². The Labute approximate surface area is 147 Å². The van der Waals surface area contributed by atoms with Crippen LogP contribution in [-0.4, -0.2) is 0 Å². The fourth-order valence-corrected chi connectivity index (χ4v) is 3.49. The summed E-state index contributed by atoms with van der Waals surface area (Å²) in [6.45, 7) is 3.86. The van der Waals surface area contributed by atoms with E-state index in [0.29, 0.717) is 32.5 Å². The van der Waals surface area contributed by atoms with E-state index in [1.165, 1.54) is 6.07 Å². The summed E-state index contributed by atoms with van der Waals surface area (Å²) < 4.78 is 11.3. The summed E-state index contributed by atoms with van der Waals surface area (Å²) in [7, 11) is 0. The third-order valence-electron chi connectivity index (χ3n) is 4.10. The number of fused-ring (bicyclic) bond motifs is 2. The lowest BCUT2D eigenvalue weighted by molar-refractivity contribution is 0.559. The molecule has 24 heavy (non-hydrogen) atoms. The Morgan fingerprint density at radius 1 is 0.917 bits per heavy atom. The molecule has 120 valence electrons. The first kappa shape index (κ1) is 15.3. The minimum atomic E-state index is -0.424. The quantitative estimate of drug-likeness (QED) is 0.384. The highest BCUT2D eigenvalue weighted by Crippen LogP contribution is 2.39. The number of halogens is 2. The van der Waals surface area contributed by atoms with Gasteiger partial charge in [0.15, 0.2) is 5.58 Å². The van der Waals surface area contributed by atoms with Crippen molar-refractivity contribution in [2.24, 2.45) is 0 Å². The van der Waals surface area contributed by atoms with Crippen LogP contribution >= 0.6 is 23.2 Å². The molecule has 0 bridgehead atoms. The van der Waals surface area contributed by atoms with Gasteiger partial charge in [0.1, 0.15) is 11.3 Å². The second-order valence-corrected chi connectivity index (χ2v) is 6.64. The van der Waals surface area contributed by atoms with E-state index < -0.39 is 5.63 Å². The second-order valence-electron chi connectivity index (χ2n) is 5.80. The first-order chi connectivity index (χ1) is 11.4. The van der Waals surface area contributed by atoms with Gasteiger partial charge >= 0.3 is 5.63 Å². The van der Waals surface area contributed by atoms with Crippen LogP contribution in [0.3, 0.4) is 0 Å². The lowest BCUT2D eigenvalue weighted by atomic mass is 10.0. The highest BCUT2D eigenvalue weighted by atomic mass is 35.5. The monoisotopic (exact) mass is 358 g/mol. The van der Waals surface area contributed by atoms with Crippen molar-refractivity contribution in [3.05, 3.63) is 68.0 Å². The van der Waals surface area contributed by atoms with E-state index in [1.54, 1.807) is 6.07 Å². The van der Waals surface area contributed by atoms with Crippen LogP contribution in [0.1, 0.15) is 11.1 Å². The first-order valence-electron chi connectivity index (χ1n) is 7.37. The summed E-state index contributed by atoms with van der Waals surface area (Å²) >= 11 is 12.3. The molecule has 4 aromatic rings. The van der Waals surface area contributed by atoms with Crippen LogP contribution in [0.5, 0.6) is 0 Å². The molecule has 0 aliphatic carbocycles. The predicted molar refractivity (Wildman–Crippen MR) is 97.2 cm³/mol. The van der Waals surface area contributed by atoms with E-state index in [0.717, 1.165) is 21.9 Å². The zero-order chi connectivity index (χ0) is 17.0. The van der Waals surface area contributed by atoms with Crippen molar-refractivity contribution < 1.29 is 8.83 Å². The van der Waals surface area contributed by atoms with Gasteiger partial charge < -0.3 is 8.83 Å². The molecule has 0 saturated carbocycles. The largest absolute Gasteiger partial charge is 0.454 e. The van der Waals surface area contributed by atoms with Crippen molar-refractivity contribution in [3.8, 4) is 11.3 Å². The third kappa shape index (κ3) is 2.32. The van der Waals surface area contributed by atoms with Gasteiger partial charge in [0, 0.05) is 33.0 Å². The van der Waals surface area contributed by atoms with Gasteiger partial charge in [0.05, 0.1) is 5.02 Å². The Kier molecular flexibility index (Phi) is 3.44. The van der Waals surface area contributed by atoms with E-state index >= 15 is 0 Å². The minimum absolute atomic E-state index is 0.424. The molecule has 0 aliphatic rings. The highest BCUT2D eigenvalue weighted by molar-refractivity contribution is 6.38. The van der Waals surface area contributed by atoms with Crippen molar-refractivity contribution in [1.82, 2.24) is 0 Å². The average molecular weight is 359 g/mol. The van der Waals surface area contributed by atoms with Gasteiger partial charge in [0.2, 0.25) is 0 Å². The van der Waals surface area contributed by atoms with Crippen molar-refractivity contribution in [1.29, 1.82) is 0 Å². The molecule has 2 aromatic heterocycles. The maximum absolute atomic E-state index is 12.0. The fourth-order valence-electron chi connectivity index (χ4n) is 2.96. The van der Waals surface area contributed by atoms with E-state index in [1.807, 2.05) is 38.1 Å². The van der Waals surface area contributed by atoms with E-state index in [2.05, 4.69) is 0 Å². The predicted octanol–water partition coefficient (Wildman–Crippen LogP) is 6.13.